The van der Waals surface area contributed by atoms with Gasteiger partial charge in [-0.2, -0.15) is 0 Å². The van der Waals surface area contributed by atoms with Gasteiger partial charge in [-0.05, 0) is 37.1 Å². The summed E-state index contributed by atoms with van der Waals surface area (Å²) in [5.41, 5.74) is 7.41. The van der Waals surface area contributed by atoms with E-state index in [0.29, 0.717) is 13.1 Å². The highest BCUT2D eigenvalue weighted by atomic mass is 35.5. The Balaban J connectivity index is 0.00000288. The van der Waals surface area contributed by atoms with Crippen LogP contribution in [-0.2, 0) is 16.1 Å². The van der Waals surface area contributed by atoms with E-state index in [1.165, 1.54) is 12.5 Å². The molecule has 0 spiro atoms. The number of nitrogens with two attached hydrogens (primary N) is 1. The molecule has 1 saturated heterocycles. The molecule has 7 heteroatoms. The van der Waals surface area contributed by atoms with E-state index >= 15 is 0 Å². The fraction of sp³-hybridized carbons (Fsp3) is 0.529. The van der Waals surface area contributed by atoms with Crippen molar-refractivity contribution in [2.45, 2.75) is 26.3 Å². The van der Waals surface area contributed by atoms with Crippen LogP contribution >= 0.6 is 12.4 Å². The molecule has 0 aromatic heterocycles. The van der Waals surface area contributed by atoms with Crippen LogP contribution in [0.5, 0.6) is 0 Å². The van der Waals surface area contributed by atoms with Gasteiger partial charge in [0.25, 0.3) is 0 Å². The van der Waals surface area contributed by atoms with Crippen LogP contribution in [0.4, 0.5) is 5.69 Å². The van der Waals surface area contributed by atoms with Crippen molar-refractivity contribution >= 4 is 29.9 Å². The van der Waals surface area contributed by atoms with Crippen molar-refractivity contribution in [2.75, 3.05) is 31.5 Å². The maximum absolute atomic E-state index is 12.1. The molecule has 2 rings (SSSR count). The van der Waals surface area contributed by atoms with Gasteiger partial charge >= 0.3 is 0 Å². The molecule has 0 bridgehead atoms. The predicted octanol–water partition coefficient (Wildman–Crippen LogP) is 1.35. The lowest BCUT2D eigenvalue weighted by atomic mass is 9.96. The molecule has 24 heavy (non-hydrogen) atoms. The van der Waals surface area contributed by atoms with Crippen molar-refractivity contribution < 1.29 is 9.59 Å². The Morgan fingerprint density at radius 1 is 1.29 bits per heavy atom. The first-order valence-electron chi connectivity index (χ1n) is 8.15. The highest BCUT2D eigenvalue weighted by Gasteiger charge is 2.25. The summed E-state index contributed by atoms with van der Waals surface area (Å²) in [5, 5.41) is 5.64. The van der Waals surface area contributed by atoms with Gasteiger partial charge in [0, 0.05) is 38.8 Å². The van der Waals surface area contributed by atoms with Gasteiger partial charge in [-0.25, -0.2) is 0 Å². The Kier molecular flexibility index (Phi) is 8.74. The summed E-state index contributed by atoms with van der Waals surface area (Å²) in [7, 11) is 0. The first-order valence-corrected chi connectivity index (χ1v) is 8.15. The second-order valence-corrected chi connectivity index (χ2v) is 6.03. The number of carbonyl (C=O) groups is 2. The van der Waals surface area contributed by atoms with Crippen LogP contribution in [0.2, 0.25) is 0 Å². The second-order valence-electron chi connectivity index (χ2n) is 6.03. The molecule has 2 amide bonds. The van der Waals surface area contributed by atoms with Gasteiger partial charge < -0.3 is 16.4 Å². The van der Waals surface area contributed by atoms with E-state index in [2.05, 4.69) is 15.5 Å². The third-order valence-corrected chi connectivity index (χ3v) is 4.00. The van der Waals surface area contributed by atoms with Gasteiger partial charge in [-0.1, -0.05) is 12.1 Å². The molecule has 0 saturated carbocycles. The Labute approximate surface area is 149 Å². The smallest absolute Gasteiger partial charge is 0.224 e. The number of halogens is 1. The molecule has 1 aromatic rings. The number of benzene rings is 1. The standard InChI is InChI=1S/C17H26N4O2.ClH/c1-13(22)20-16-6-4-14(5-7-16)11-21-10-2-3-15(12-21)17(23)19-9-8-18;/h4-7,15H,2-3,8-12,18H2,1H3,(H,19,23)(H,20,22);1H. The zero-order valence-corrected chi connectivity index (χ0v) is 14.9. The van der Waals surface area contributed by atoms with E-state index in [9.17, 15) is 9.59 Å². The Morgan fingerprint density at radius 3 is 2.62 bits per heavy atom. The minimum atomic E-state index is -0.0693. The Bertz CT molecular complexity index is 536. The van der Waals surface area contributed by atoms with E-state index in [-0.39, 0.29) is 30.1 Å². The average molecular weight is 355 g/mol. The zero-order chi connectivity index (χ0) is 16.7. The zero-order valence-electron chi connectivity index (χ0n) is 14.1. The van der Waals surface area contributed by atoms with Crippen molar-refractivity contribution in [1.82, 2.24) is 10.2 Å². The van der Waals surface area contributed by atoms with E-state index in [0.717, 1.165) is 38.2 Å². The van der Waals surface area contributed by atoms with Crippen molar-refractivity contribution in [3.63, 3.8) is 0 Å². The van der Waals surface area contributed by atoms with Crippen LogP contribution in [-0.4, -0.2) is 42.9 Å². The fourth-order valence-electron chi connectivity index (χ4n) is 2.91. The second kappa shape index (κ2) is 10.3. The van der Waals surface area contributed by atoms with Crippen LogP contribution in [0.15, 0.2) is 24.3 Å². The quantitative estimate of drug-likeness (QED) is 0.719. The minimum absolute atomic E-state index is 0. The number of hydrogen-bond donors (Lipinski definition) is 3. The number of amides is 2. The number of piperidine rings is 1. The van der Waals surface area contributed by atoms with E-state index in [1.807, 2.05) is 24.3 Å². The summed E-state index contributed by atoms with van der Waals surface area (Å²) in [5.74, 6) is 0.0928. The third-order valence-electron chi connectivity index (χ3n) is 4.00. The molecule has 1 unspecified atom stereocenters. The lowest BCUT2D eigenvalue weighted by Gasteiger charge is -2.32. The van der Waals surface area contributed by atoms with Crippen LogP contribution in [0.3, 0.4) is 0 Å². The molecule has 6 nitrogen and oxygen atoms in total. The van der Waals surface area contributed by atoms with E-state index < -0.39 is 0 Å². The van der Waals surface area contributed by atoms with Crippen LogP contribution in [0.25, 0.3) is 0 Å². The van der Waals surface area contributed by atoms with Crippen LogP contribution in [0.1, 0.15) is 25.3 Å². The van der Waals surface area contributed by atoms with Gasteiger partial charge in [-0.15, -0.1) is 12.4 Å². The van der Waals surface area contributed by atoms with E-state index in [1.54, 1.807) is 0 Å². The number of likely N-dealkylation sites (tertiary alicyclic amines) is 1. The molecule has 0 radical (unpaired) electrons. The number of anilines is 1. The third kappa shape index (κ3) is 6.47. The number of nitrogens with zero attached hydrogens (tertiary/aromatic N) is 1. The summed E-state index contributed by atoms with van der Waals surface area (Å²) in [6.45, 7) is 5.12. The van der Waals surface area contributed by atoms with Gasteiger partial charge in [0.15, 0.2) is 0 Å². The normalized spacial score (nSPS) is 17.7. The summed E-state index contributed by atoms with van der Waals surface area (Å²) in [6, 6.07) is 7.85. The lowest BCUT2D eigenvalue weighted by Crippen LogP contribution is -2.43. The molecular formula is C17H27ClN4O2. The van der Waals surface area contributed by atoms with Crippen molar-refractivity contribution in [3.05, 3.63) is 29.8 Å². The largest absolute Gasteiger partial charge is 0.355 e. The van der Waals surface area contributed by atoms with Gasteiger partial charge in [0.1, 0.15) is 0 Å². The SMILES string of the molecule is CC(=O)Nc1ccc(CN2CCCC(C(=O)NCCN)C2)cc1.Cl. The number of nitrogens with one attached hydrogen (secondary N) is 2. The van der Waals surface area contributed by atoms with Gasteiger partial charge in [0.05, 0.1) is 5.92 Å². The molecule has 1 heterocycles. The van der Waals surface area contributed by atoms with Gasteiger partial charge in [-0.3, -0.25) is 14.5 Å². The summed E-state index contributed by atoms with van der Waals surface area (Å²) < 4.78 is 0. The summed E-state index contributed by atoms with van der Waals surface area (Å²) >= 11 is 0. The maximum Gasteiger partial charge on any atom is 0.224 e. The molecule has 1 fully saturated rings. The van der Waals surface area contributed by atoms with E-state index in [4.69, 9.17) is 5.73 Å². The predicted molar refractivity (Wildman–Crippen MR) is 98.1 cm³/mol. The topological polar surface area (TPSA) is 87.5 Å². The average Bonchev–Trinajstić information content (AvgIpc) is 2.54. The number of rotatable bonds is 6. The molecular weight excluding hydrogens is 328 g/mol. The monoisotopic (exact) mass is 354 g/mol. The van der Waals surface area contributed by atoms with Crippen molar-refractivity contribution in [1.29, 1.82) is 0 Å². The van der Waals surface area contributed by atoms with Gasteiger partial charge in [0.2, 0.25) is 11.8 Å². The minimum Gasteiger partial charge on any atom is -0.355 e. The molecule has 1 aliphatic heterocycles. The first-order chi connectivity index (χ1) is 11.1. The lowest BCUT2D eigenvalue weighted by molar-refractivity contribution is -0.126. The summed E-state index contributed by atoms with van der Waals surface area (Å²) in [4.78, 5) is 25.4. The highest BCUT2D eigenvalue weighted by molar-refractivity contribution is 5.88. The molecule has 4 N–H and O–H groups in total. The molecule has 1 aliphatic rings. The molecule has 134 valence electrons. The number of carbonyl (C=O) groups excluding carboxylic acids is 2. The Morgan fingerprint density at radius 2 is 2.00 bits per heavy atom. The maximum atomic E-state index is 12.1. The Hall–Kier alpha value is -1.63. The number of hydrogen-bond acceptors (Lipinski definition) is 4. The first kappa shape index (κ1) is 20.4. The fourth-order valence-corrected chi connectivity index (χ4v) is 2.91. The summed E-state index contributed by atoms with van der Waals surface area (Å²) in [6.07, 6.45) is 1.97. The highest BCUT2D eigenvalue weighted by Crippen LogP contribution is 2.19. The van der Waals surface area contributed by atoms with Crippen molar-refractivity contribution in [3.8, 4) is 0 Å². The van der Waals surface area contributed by atoms with Crippen molar-refractivity contribution in [2.24, 2.45) is 11.7 Å². The van der Waals surface area contributed by atoms with Crippen LogP contribution < -0.4 is 16.4 Å². The molecule has 0 aliphatic carbocycles. The molecule has 1 aromatic carbocycles. The molecule has 1 atom stereocenters. The van der Waals surface area contributed by atoms with Crippen LogP contribution in [0, 0.1) is 5.92 Å².